The Kier molecular flexibility index (Phi) is 4.90. The fraction of sp³-hybridized carbons (Fsp3) is 0.0909. The lowest BCUT2D eigenvalue weighted by molar-refractivity contribution is 0.306. The fourth-order valence-electron chi connectivity index (χ4n) is 2.89. The van der Waals surface area contributed by atoms with Crippen molar-refractivity contribution in [3.63, 3.8) is 0 Å². The van der Waals surface area contributed by atoms with E-state index in [1.165, 1.54) is 0 Å². The number of nitrogens with zero attached hydrogens (tertiary/aromatic N) is 2. The third-order valence-electron chi connectivity index (χ3n) is 4.31. The van der Waals surface area contributed by atoms with Gasteiger partial charge in [-0.05, 0) is 47.0 Å². The number of benzene rings is 3. The van der Waals surface area contributed by atoms with E-state index in [-0.39, 0.29) is 5.28 Å². The van der Waals surface area contributed by atoms with Gasteiger partial charge in [-0.25, -0.2) is 9.97 Å². The number of hydrogen-bond donors (Lipinski definition) is 0. The van der Waals surface area contributed by atoms with Crippen molar-refractivity contribution in [1.82, 2.24) is 9.97 Å². The lowest BCUT2D eigenvalue weighted by Gasteiger charge is -2.09. The van der Waals surface area contributed by atoms with Crippen molar-refractivity contribution >= 4 is 22.5 Å². The quantitative estimate of drug-likeness (QED) is 0.429. The van der Waals surface area contributed by atoms with E-state index in [9.17, 15) is 0 Å². The van der Waals surface area contributed by atoms with Crippen molar-refractivity contribution in [2.24, 2.45) is 0 Å². The van der Waals surface area contributed by atoms with Gasteiger partial charge in [-0.1, -0.05) is 42.5 Å². The zero-order valence-electron chi connectivity index (χ0n) is 14.7. The number of hydrogen-bond acceptors (Lipinski definition) is 4. The molecule has 0 aliphatic heterocycles. The lowest BCUT2D eigenvalue weighted by Crippen LogP contribution is -1.95. The van der Waals surface area contributed by atoms with Crippen LogP contribution in [0.2, 0.25) is 5.28 Å². The van der Waals surface area contributed by atoms with Gasteiger partial charge in [0.15, 0.2) is 0 Å². The molecule has 0 aliphatic carbocycles. The fourth-order valence-corrected chi connectivity index (χ4v) is 3.02. The van der Waals surface area contributed by atoms with Crippen LogP contribution in [0, 0.1) is 0 Å². The van der Waals surface area contributed by atoms with E-state index in [4.69, 9.17) is 21.1 Å². The zero-order valence-corrected chi connectivity index (χ0v) is 15.5. The Balaban J connectivity index is 1.53. The largest absolute Gasteiger partial charge is 0.497 e. The van der Waals surface area contributed by atoms with Gasteiger partial charge in [0.05, 0.1) is 12.6 Å². The Labute approximate surface area is 162 Å². The summed E-state index contributed by atoms with van der Waals surface area (Å²) in [7, 11) is 1.66. The topological polar surface area (TPSA) is 44.2 Å². The minimum Gasteiger partial charge on any atom is -0.497 e. The summed E-state index contributed by atoms with van der Waals surface area (Å²) < 4.78 is 11.0. The van der Waals surface area contributed by atoms with Crippen molar-refractivity contribution in [3.05, 3.63) is 83.8 Å². The second-order valence-electron chi connectivity index (χ2n) is 6.04. The second kappa shape index (κ2) is 7.64. The molecule has 1 heterocycles. The summed E-state index contributed by atoms with van der Waals surface area (Å²) in [5, 5.41) is 1.20. The Morgan fingerprint density at radius 1 is 0.889 bits per heavy atom. The van der Waals surface area contributed by atoms with E-state index in [0.29, 0.717) is 6.61 Å². The minimum absolute atomic E-state index is 0.245. The highest BCUT2D eigenvalue weighted by Crippen LogP contribution is 2.29. The molecule has 0 unspecified atom stereocenters. The van der Waals surface area contributed by atoms with Crippen LogP contribution in [0.25, 0.3) is 22.0 Å². The van der Waals surface area contributed by atoms with E-state index >= 15 is 0 Å². The summed E-state index contributed by atoms with van der Waals surface area (Å²) in [5.41, 5.74) is 3.98. The van der Waals surface area contributed by atoms with Crippen LogP contribution in [0.3, 0.4) is 0 Å². The molecule has 0 fully saturated rings. The highest BCUT2D eigenvalue weighted by atomic mass is 35.5. The molecule has 4 aromatic rings. The number of para-hydroxylation sites is 1. The predicted molar refractivity (Wildman–Crippen MR) is 107 cm³/mol. The maximum absolute atomic E-state index is 5.97. The molecular weight excluding hydrogens is 360 g/mol. The van der Waals surface area contributed by atoms with Gasteiger partial charge in [-0.15, -0.1) is 0 Å². The molecule has 0 bridgehead atoms. The highest BCUT2D eigenvalue weighted by molar-refractivity contribution is 6.28. The van der Waals surface area contributed by atoms with E-state index in [1.807, 2.05) is 66.7 Å². The lowest BCUT2D eigenvalue weighted by atomic mass is 10.0. The van der Waals surface area contributed by atoms with Gasteiger partial charge in [0.1, 0.15) is 18.1 Å². The summed E-state index contributed by atoms with van der Waals surface area (Å²) in [6.07, 6.45) is 1.74. The number of ether oxygens (including phenoxy) is 2. The van der Waals surface area contributed by atoms with Gasteiger partial charge >= 0.3 is 0 Å². The van der Waals surface area contributed by atoms with Gasteiger partial charge in [-0.2, -0.15) is 0 Å². The van der Waals surface area contributed by atoms with E-state index in [1.54, 1.807) is 13.3 Å². The third kappa shape index (κ3) is 3.86. The molecule has 5 heteroatoms. The molecule has 0 amide bonds. The Bertz CT molecular complexity index is 1060. The first-order chi connectivity index (χ1) is 13.2. The first kappa shape index (κ1) is 17.3. The van der Waals surface area contributed by atoms with Gasteiger partial charge in [-0.3, -0.25) is 0 Å². The van der Waals surface area contributed by atoms with Crippen molar-refractivity contribution in [2.75, 3.05) is 7.11 Å². The first-order valence-corrected chi connectivity index (χ1v) is 8.88. The van der Waals surface area contributed by atoms with Crippen molar-refractivity contribution in [1.29, 1.82) is 0 Å². The van der Waals surface area contributed by atoms with E-state index in [0.717, 1.165) is 39.1 Å². The number of rotatable bonds is 5. The van der Waals surface area contributed by atoms with Crippen LogP contribution in [-0.2, 0) is 6.61 Å². The van der Waals surface area contributed by atoms with Crippen LogP contribution in [0.5, 0.6) is 11.5 Å². The van der Waals surface area contributed by atoms with Gasteiger partial charge in [0.2, 0.25) is 5.28 Å². The number of halogens is 1. The molecule has 0 saturated heterocycles. The first-order valence-electron chi connectivity index (χ1n) is 8.50. The normalized spacial score (nSPS) is 10.7. The number of methoxy groups -OCH3 is 1. The molecule has 0 spiro atoms. The Morgan fingerprint density at radius 3 is 2.37 bits per heavy atom. The average Bonchev–Trinajstić information content (AvgIpc) is 2.72. The van der Waals surface area contributed by atoms with Crippen LogP contribution < -0.4 is 9.47 Å². The van der Waals surface area contributed by atoms with Gasteiger partial charge in [0.25, 0.3) is 0 Å². The predicted octanol–water partition coefficient (Wildman–Crippen LogP) is 5.54. The minimum atomic E-state index is 0.245. The summed E-state index contributed by atoms with van der Waals surface area (Å²) in [6.45, 7) is 0.500. The Hall–Kier alpha value is -3.11. The molecule has 1 aromatic heterocycles. The van der Waals surface area contributed by atoms with Crippen LogP contribution in [0.15, 0.2) is 72.9 Å². The van der Waals surface area contributed by atoms with E-state index in [2.05, 4.69) is 9.97 Å². The maximum Gasteiger partial charge on any atom is 0.222 e. The molecule has 134 valence electrons. The molecule has 3 aromatic carbocycles. The molecule has 0 atom stereocenters. The van der Waals surface area contributed by atoms with Gasteiger partial charge < -0.3 is 9.47 Å². The van der Waals surface area contributed by atoms with Crippen LogP contribution in [0.1, 0.15) is 5.56 Å². The number of fused-ring (bicyclic) bond motifs is 1. The molecule has 27 heavy (non-hydrogen) atoms. The molecule has 0 N–H and O–H groups in total. The van der Waals surface area contributed by atoms with Crippen molar-refractivity contribution in [2.45, 2.75) is 6.61 Å². The summed E-state index contributed by atoms with van der Waals surface area (Å²) in [4.78, 5) is 8.42. The summed E-state index contributed by atoms with van der Waals surface area (Å²) >= 11 is 5.97. The average molecular weight is 377 g/mol. The molecule has 0 saturated carbocycles. The van der Waals surface area contributed by atoms with Crippen LogP contribution in [0.4, 0.5) is 0 Å². The zero-order chi connectivity index (χ0) is 18.6. The molecule has 4 rings (SSSR count). The smallest absolute Gasteiger partial charge is 0.222 e. The SMILES string of the molecule is COc1ccc(COc2ccc(-c3cccc4cnc(Cl)nc34)cc2)cc1. The third-order valence-corrected chi connectivity index (χ3v) is 4.49. The van der Waals surface area contributed by atoms with Crippen LogP contribution >= 0.6 is 11.6 Å². The summed E-state index contributed by atoms with van der Waals surface area (Å²) in [5.74, 6) is 1.64. The molecule has 4 nitrogen and oxygen atoms in total. The molecular formula is C22H17ClN2O2. The standard InChI is InChI=1S/C22H17ClN2O2/c1-26-18-9-5-15(6-10-18)14-27-19-11-7-16(8-12-19)20-4-2-3-17-13-24-22(23)25-21(17)20/h2-13H,14H2,1H3. The summed E-state index contributed by atoms with van der Waals surface area (Å²) in [6, 6.07) is 21.8. The van der Waals surface area contributed by atoms with Gasteiger partial charge in [0, 0.05) is 17.1 Å². The van der Waals surface area contributed by atoms with Crippen LogP contribution in [-0.4, -0.2) is 17.1 Å². The maximum atomic E-state index is 5.97. The second-order valence-corrected chi connectivity index (χ2v) is 6.38. The highest BCUT2D eigenvalue weighted by Gasteiger charge is 2.07. The monoisotopic (exact) mass is 376 g/mol. The van der Waals surface area contributed by atoms with Crippen molar-refractivity contribution in [3.8, 4) is 22.6 Å². The molecule has 0 radical (unpaired) electrons. The number of aromatic nitrogens is 2. The van der Waals surface area contributed by atoms with Crippen molar-refractivity contribution < 1.29 is 9.47 Å². The molecule has 0 aliphatic rings. The Morgan fingerprint density at radius 2 is 1.63 bits per heavy atom. The van der Waals surface area contributed by atoms with E-state index < -0.39 is 0 Å².